The van der Waals surface area contributed by atoms with Crippen molar-refractivity contribution in [3.63, 3.8) is 0 Å². The summed E-state index contributed by atoms with van der Waals surface area (Å²) in [6, 6.07) is 0. The largest absolute Gasteiger partial charge is 0.466 e. The van der Waals surface area contributed by atoms with Crippen LogP contribution in [0.5, 0.6) is 0 Å². The molecule has 6 heteroatoms. The molecule has 0 heterocycles. The van der Waals surface area contributed by atoms with E-state index in [1.807, 2.05) is 6.92 Å². The molecule has 0 bridgehead atoms. The molecule has 0 saturated carbocycles. The monoisotopic (exact) mass is 275 g/mol. The normalized spacial score (nSPS) is 12.9. The van der Waals surface area contributed by atoms with E-state index >= 15 is 0 Å². The van der Waals surface area contributed by atoms with E-state index in [-0.39, 0.29) is 12.6 Å². The average molecular weight is 275 g/mol. The number of amides is 1. The van der Waals surface area contributed by atoms with Gasteiger partial charge in [-0.25, -0.2) is 0 Å². The lowest BCUT2D eigenvalue weighted by molar-refractivity contribution is -0.141. The fraction of sp³-hybridized carbons (Fsp3) is 0.846. The van der Waals surface area contributed by atoms with Crippen LogP contribution in [0, 0.1) is 5.41 Å². The first-order chi connectivity index (χ1) is 8.81. The fourth-order valence-electron chi connectivity index (χ4n) is 1.40. The molecule has 2 N–H and O–H groups in total. The van der Waals surface area contributed by atoms with Crippen LogP contribution in [0.2, 0.25) is 0 Å². The van der Waals surface area contributed by atoms with Gasteiger partial charge in [-0.2, -0.15) is 0 Å². The SMILES string of the molecule is CCOCC(C)(C)C(O)C(=O)NCCCOC(C)=O. The van der Waals surface area contributed by atoms with Crippen LogP contribution < -0.4 is 5.32 Å². The summed E-state index contributed by atoms with van der Waals surface area (Å²) in [5, 5.41) is 12.5. The summed E-state index contributed by atoms with van der Waals surface area (Å²) in [6.45, 7) is 8.20. The van der Waals surface area contributed by atoms with Gasteiger partial charge in [-0.1, -0.05) is 13.8 Å². The van der Waals surface area contributed by atoms with E-state index in [2.05, 4.69) is 5.32 Å². The van der Waals surface area contributed by atoms with Gasteiger partial charge in [0.25, 0.3) is 0 Å². The van der Waals surface area contributed by atoms with E-state index in [9.17, 15) is 14.7 Å². The molecule has 0 saturated heterocycles. The molecule has 1 atom stereocenters. The minimum Gasteiger partial charge on any atom is -0.466 e. The number of aliphatic hydroxyl groups excluding tert-OH is 1. The topological polar surface area (TPSA) is 84.9 Å². The summed E-state index contributed by atoms with van der Waals surface area (Å²) in [5.41, 5.74) is -0.643. The predicted molar refractivity (Wildman–Crippen MR) is 70.5 cm³/mol. The smallest absolute Gasteiger partial charge is 0.302 e. The molecule has 0 aromatic heterocycles. The Bertz CT molecular complexity index is 291. The van der Waals surface area contributed by atoms with Gasteiger partial charge in [0, 0.05) is 25.5 Å². The van der Waals surface area contributed by atoms with Crippen molar-refractivity contribution < 1.29 is 24.2 Å². The molecule has 0 fully saturated rings. The number of hydrogen-bond donors (Lipinski definition) is 2. The van der Waals surface area contributed by atoms with Gasteiger partial charge in [0.2, 0.25) is 5.91 Å². The van der Waals surface area contributed by atoms with Gasteiger partial charge in [0.05, 0.1) is 13.2 Å². The lowest BCUT2D eigenvalue weighted by atomic mass is 9.87. The number of hydrogen-bond acceptors (Lipinski definition) is 5. The van der Waals surface area contributed by atoms with Crippen LogP contribution in [-0.2, 0) is 19.1 Å². The minimum atomic E-state index is -1.13. The van der Waals surface area contributed by atoms with Crippen molar-refractivity contribution in [2.75, 3.05) is 26.4 Å². The number of esters is 1. The van der Waals surface area contributed by atoms with Crippen LogP contribution in [-0.4, -0.2) is 49.5 Å². The first-order valence-corrected chi connectivity index (χ1v) is 6.48. The quantitative estimate of drug-likeness (QED) is 0.472. The van der Waals surface area contributed by atoms with Crippen LogP contribution in [0.25, 0.3) is 0 Å². The Kier molecular flexibility index (Phi) is 8.34. The van der Waals surface area contributed by atoms with Crippen LogP contribution in [0.3, 0.4) is 0 Å². The highest BCUT2D eigenvalue weighted by atomic mass is 16.5. The van der Waals surface area contributed by atoms with Gasteiger partial charge in [-0.3, -0.25) is 9.59 Å². The Morgan fingerprint density at radius 3 is 2.53 bits per heavy atom. The molecule has 1 unspecified atom stereocenters. The van der Waals surface area contributed by atoms with Gasteiger partial charge in [0.1, 0.15) is 6.10 Å². The zero-order valence-electron chi connectivity index (χ0n) is 12.2. The van der Waals surface area contributed by atoms with E-state index in [1.54, 1.807) is 13.8 Å². The summed E-state index contributed by atoms with van der Waals surface area (Å²) >= 11 is 0. The van der Waals surface area contributed by atoms with Crippen LogP contribution in [0.15, 0.2) is 0 Å². The number of carbonyl (C=O) groups is 2. The molecule has 112 valence electrons. The molecule has 0 aliphatic rings. The Labute approximate surface area is 114 Å². The van der Waals surface area contributed by atoms with Crippen LogP contribution in [0.1, 0.15) is 34.1 Å². The molecule has 0 aromatic rings. The Morgan fingerprint density at radius 2 is 2.00 bits per heavy atom. The maximum absolute atomic E-state index is 11.7. The summed E-state index contributed by atoms with van der Waals surface area (Å²) in [7, 11) is 0. The van der Waals surface area contributed by atoms with Gasteiger partial charge in [0.15, 0.2) is 0 Å². The lowest BCUT2D eigenvalue weighted by Gasteiger charge is -2.29. The first-order valence-electron chi connectivity index (χ1n) is 6.48. The minimum absolute atomic E-state index is 0.258. The summed E-state index contributed by atoms with van der Waals surface area (Å²) in [6.07, 6.45) is -0.614. The number of ether oxygens (including phenoxy) is 2. The van der Waals surface area contributed by atoms with Crippen molar-refractivity contribution in [3.05, 3.63) is 0 Å². The average Bonchev–Trinajstić information content (AvgIpc) is 2.34. The second kappa shape index (κ2) is 8.87. The zero-order valence-corrected chi connectivity index (χ0v) is 12.2. The van der Waals surface area contributed by atoms with E-state index in [0.29, 0.717) is 26.2 Å². The second-order valence-corrected chi connectivity index (χ2v) is 5.01. The summed E-state index contributed by atoms with van der Waals surface area (Å²) < 4.78 is 9.97. The van der Waals surface area contributed by atoms with E-state index in [1.165, 1.54) is 6.92 Å². The molecule has 0 aromatic carbocycles. The van der Waals surface area contributed by atoms with Crippen LogP contribution in [0.4, 0.5) is 0 Å². The Hall–Kier alpha value is -1.14. The number of rotatable bonds is 9. The second-order valence-electron chi connectivity index (χ2n) is 5.01. The highest BCUT2D eigenvalue weighted by molar-refractivity contribution is 5.81. The third-order valence-corrected chi connectivity index (χ3v) is 2.59. The Balaban J connectivity index is 3.95. The standard InChI is InChI=1S/C13H25NO5/c1-5-18-9-13(3,4)11(16)12(17)14-7-6-8-19-10(2)15/h11,16H,5-9H2,1-4H3,(H,14,17). The number of nitrogens with one attached hydrogen (secondary N) is 1. The van der Waals surface area contributed by atoms with Crippen molar-refractivity contribution in [1.29, 1.82) is 0 Å². The van der Waals surface area contributed by atoms with Crippen LogP contribution >= 0.6 is 0 Å². The predicted octanol–water partition coefficient (Wildman–Crippen LogP) is 0.479. The molecule has 19 heavy (non-hydrogen) atoms. The maximum Gasteiger partial charge on any atom is 0.302 e. The molecule has 0 radical (unpaired) electrons. The zero-order chi connectivity index (χ0) is 14.9. The van der Waals surface area contributed by atoms with Crippen molar-refractivity contribution >= 4 is 11.9 Å². The third kappa shape index (κ3) is 7.79. The van der Waals surface area contributed by atoms with Gasteiger partial charge in [-0.15, -0.1) is 0 Å². The van der Waals surface area contributed by atoms with Crippen molar-refractivity contribution in [2.45, 2.75) is 40.2 Å². The molecule has 0 spiro atoms. The molecule has 0 aliphatic carbocycles. The highest BCUT2D eigenvalue weighted by Crippen LogP contribution is 2.21. The van der Waals surface area contributed by atoms with E-state index in [4.69, 9.17) is 9.47 Å². The van der Waals surface area contributed by atoms with Crippen molar-refractivity contribution in [1.82, 2.24) is 5.32 Å². The van der Waals surface area contributed by atoms with Gasteiger partial charge >= 0.3 is 5.97 Å². The van der Waals surface area contributed by atoms with Crippen molar-refractivity contribution in [3.8, 4) is 0 Å². The first kappa shape index (κ1) is 17.9. The molecular formula is C13H25NO5. The number of aliphatic hydroxyl groups is 1. The van der Waals surface area contributed by atoms with Gasteiger partial charge in [-0.05, 0) is 13.3 Å². The Morgan fingerprint density at radius 1 is 1.37 bits per heavy atom. The number of carbonyl (C=O) groups excluding carboxylic acids is 2. The maximum atomic E-state index is 11.7. The highest BCUT2D eigenvalue weighted by Gasteiger charge is 2.33. The molecule has 0 aliphatic heterocycles. The third-order valence-electron chi connectivity index (χ3n) is 2.59. The summed E-state index contributed by atoms with van der Waals surface area (Å²) in [4.78, 5) is 22.2. The molecule has 6 nitrogen and oxygen atoms in total. The molecule has 0 rings (SSSR count). The van der Waals surface area contributed by atoms with E-state index < -0.39 is 17.4 Å². The fourth-order valence-corrected chi connectivity index (χ4v) is 1.40. The lowest BCUT2D eigenvalue weighted by Crippen LogP contribution is -2.46. The van der Waals surface area contributed by atoms with Crippen molar-refractivity contribution in [2.24, 2.45) is 5.41 Å². The summed E-state index contributed by atoms with van der Waals surface area (Å²) in [5.74, 6) is -0.781. The molecule has 1 amide bonds. The molecular weight excluding hydrogens is 250 g/mol. The van der Waals surface area contributed by atoms with Gasteiger partial charge < -0.3 is 19.9 Å². The van der Waals surface area contributed by atoms with E-state index in [0.717, 1.165) is 0 Å².